The molecule has 0 bridgehead atoms. The third-order valence-corrected chi connectivity index (χ3v) is 8.41. The van der Waals surface area contributed by atoms with Crippen LogP contribution in [-0.2, 0) is 14.8 Å². The van der Waals surface area contributed by atoms with Crippen LogP contribution in [0.1, 0.15) is 19.3 Å². The molecule has 2 N–H and O–H groups in total. The van der Waals surface area contributed by atoms with Gasteiger partial charge in [0.25, 0.3) is 0 Å². The van der Waals surface area contributed by atoms with Gasteiger partial charge in [-0.3, -0.25) is 4.79 Å². The standard InChI is InChI=1S/C21H23ClN4O4S2/c1-30-15-6-8-17-18(12-15)25-21(24-17)31-13-20(27)23-14-5-7-16(22)19(11-14)32(28,29)26-9-3-2-4-10-26/h5-8,11-12H,2-4,9-10,13H2,1H3,(H,23,27)(H,24,25). The summed E-state index contributed by atoms with van der Waals surface area (Å²) >= 11 is 7.44. The highest BCUT2D eigenvalue weighted by Gasteiger charge is 2.28. The van der Waals surface area contributed by atoms with E-state index in [1.165, 1.54) is 28.2 Å². The fourth-order valence-corrected chi connectivity index (χ4v) is 6.22. The first-order valence-electron chi connectivity index (χ1n) is 10.1. The molecule has 32 heavy (non-hydrogen) atoms. The van der Waals surface area contributed by atoms with Gasteiger partial charge < -0.3 is 15.0 Å². The van der Waals surface area contributed by atoms with Crippen LogP contribution < -0.4 is 10.1 Å². The number of aromatic nitrogens is 2. The van der Waals surface area contributed by atoms with E-state index >= 15 is 0 Å². The second kappa shape index (κ2) is 9.70. The van der Waals surface area contributed by atoms with Gasteiger partial charge in [0.1, 0.15) is 10.6 Å². The number of imidazole rings is 1. The second-order valence-corrected chi connectivity index (χ2v) is 10.6. The topological polar surface area (TPSA) is 104 Å². The van der Waals surface area contributed by atoms with E-state index in [0.717, 1.165) is 30.3 Å². The summed E-state index contributed by atoms with van der Waals surface area (Å²) in [4.78, 5) is 20.1. The fourth-order valence-electron chi connectivity index (χ4n) is 3.51. The second-order valence-electron chi connectivity index (χ2n) is 7.37. The van der Waals surface area contributed by atoms with Crippen molar-refractivity contribution in [2.45, 2.75) is 29.3 Å². The molecule has 1 saturated heterocycles. The summed E-state index contributed by atoms with van der Waals surface area (Å²) < 4.78 is 32.6. The molecular weight excluding hydrogens is 472 g/mol. The molecule has 0 radical (unpaired) electrons. The number of piperidine rings is 1. The average molecular weight is 495 g/mol. The Morgan fingerprint density at radius 3 is 2.75 bits per heavy atom. The number of hydrogen-bond acceptors (Lipinski definition) is 6. The maximum atomic E-state index is 13.0. The summed E-state index contributed by atoms with van der Waals surface area (Å²) in [6.07, 6.45) is 2.68. The van der Waals surface area contributed by atoms with Crippen molar-refractivity contribution in [3.63, 3.8) is 0 Å². The van der Waals surface area contributed by atoms with E-state index in [-0.39, 0.29) is 21.6 Å². The number of thioether (sulfide) groups is 1. The molecule has 0 unspecified atom stereocenters. The van der Waals surface area contributed by atoms with Crippen LogP contribution >= 0.6 is 23.4 Å². The van der Waals surface area contributed by atoms with E-state index in [0.29, 0.717) is 29.7 Å². The minimum absolute atomic E-state index is 0.0118. The number of carbonyl (C=O) groups is 1. The number of carbonyl (C=O) groups excluding carboxylic acids is 1. The number of amides is 1. The lowest BCUT2D eigenvalue weighted by Crippen LogP contribution is -2.35. The molecule has 2 aromatic carbocycles. The van der Waals surface area contributed by atoms with Gasteiger partial charge in [-0.1, -0.05) is 29.8 Å². The Morgan fingerprint density at radius 2 is 2.00 bits per heavy atom. The highest BCUT2D eigenvalue weighted by atomic mass is 35.5. The molecule has 0 atom stereocenters. The maximum Gasteiger partial charge on any atom is 0.244 e. The van der Waals surface area contributed by atoms with Gasteiger partial charge in [0.2, 0.25) is 15.9 Å². The lowest BCUT2D eigenvalue weighted by atomic mass is 10.2. The Morgan fingerprint density at radius 1 is 1.22 bits per heavy atom. The normalized spacial score (nSPS) is 15.1. The predicted molar refractivity (Wildman–Crippen MR) is 126 cm³/mol. The lowest BCUT2D eigenvalue weighted by molar-refractivity contribution is -0.113. The number of aromatic amines is 1. The van der Waals surface area contributed by atoms with E-state index in [9.17, 15) is 13.2 Å². The summed E-state index contributed by atoms with van der Waals surface area (Å²) in [7, 11) is -2.11. The number of anilines is 1. The molecule has 0 spiro atoms. The van der Waals surface area contributed by atoms with Crippen molar-refractivity contribution >= 4 is 56.0 Å². The highest BCUT2D eigenvalue weighted by Crippen LogP contribution is 2.30. The zero-order valence-electron chi connectivity index (χ0n) is 17.4. The molecule has 2 heterocycles. The number of hydrogen-bond donors (Lipinski definition) is 2. The largest absolute Gasteiger partial charge is 0.497 e. The van der Waals surface area contributed by atoms with Crippen molar-refractivity contribution in [1.29, 1.82) is 0 Å². The van der Waals surface area contributed by atoms with Crippen LogP contribution in [0.4, 0.5) is 5.69 Å². The van der Waals surface area contributed by atoms with Crippen LogP contribution in [0.15, 0.2) is 46.5 Å². The molecule has 1 amide bonds. The molecule has 11 heteroatoms. The van der Waals surface area contributed by atoms with Crippen LogP contribution in [-0.4, -0.2) is 54.6 Å². The van der Waals surface area contributed by atoms with Gasteiger partial charge in [0, 0.05) is 24.8 Å². The highest BCUT2D eigenvalue weighted by molar-refractivity contribution is 7.99. The minimum atomic E-state index is -3.71. The first-order valence-corrected chi connectivity index (χ1v) is 12.9. The van der Waals surface area contributed by atoms with Crippen LogP contribution in [0.5, 0.6) is 5.75 Å². The van der Waals surface area contributed by atoms with Crippen LogP contribution in [0, 0.1) is 0 Å². The summed E-state index contributed by atoms with van der Waals surface area (Å²) in [5, 5.41) is 3.49. The van der Waals surface area contributed by atoms with Gasteiger partial charge in [-0.2, -0.15) is 4.31 Å². The third-order valence-electron chi connectivity index (χ3n) is 5.16. The number of nitrogens with zero attached hydrogens (tertiary/aromatic N) is 2. The lowest BCUT2D eigenvalue weighted by Gasteiger charge is -2.26. The van der Waals surface area contributed by atoms with Crippen molar-refractivity contribution in [2.24, 2.45) is 0 Å². The molecular formula is C21H23ClN4O4S2. The Kier molecular flexibility index (Phi) is 6.94. The molecule has 170 valence electrons. The Bertz CT molecular complexity index is 1240. The smallest absolute Gasteiger partial charge is 0.244 e. The van der Waals surface area contributed by atoms with Gasteiger partial charge in [-0.05, 0) is 43.2 Å². The van der Waals surface area contributed by atoms with Crippen LogP contribution in [0.2, 0.25) is 5.02 Å². The average Bonchev–Trinajstić information content (AvgIpc) is 3.21. The van der Waals surface area contributed by atoms with Crippen LogP contribution in [0.25, 0.3) is 11.0 Å². The molecule has 0 aliphatic carbocycles. The number of benzene rings is 2. The van der Waals surface area contributed by atoms with Crippen molar-refractivity contribution < 1.29 is 17.9 Å². The van der Waals surface area contributed by atoms with Gasteiger partial charge in [-0.15, -0.1) is 0 Å². The van der Waals surface area contributed by atoms with Crippen molar-refractivity contribution in [3.05, 3.63) is 41.4 Å². The fraction of sp³-hybridized carbons (Fsp3) is 0.333. The number of ether oxygens (including phenoxy) is 1. The molecule has 1 aliphatic rings. The molecule has 1 aromatic heterocycles. The summed E-state index contributed by atoms with van der Waals surface area (Å²) in [5.41, 5.74) is 1.97. The number of sulfonamides is 1. The number of nitrogens with one attached hydrogen (secondary N) is 2. The molecule has 4 rings (SSSR count). The molecule has 8 nitrogen and oxygen atoms in total. The summed E-state index contributed by atoms with van der Waals surface area (Å²) in [6, 6.07) is 10.0. The first kappa shape index (κ1) is 22.9. The van der Waals surface area contributed by atoms with E-state index in [2.05, 4.69) is 15.3 Å². The maximum absolute atomic E-state index is 13.0. The van der Waals surface area contributed by atoms with Crippen LogP contribution in [0.3, 0.4) is 0 Å². The molecule has 1 aliphatic heterocycles. The van der Waals surface area contributed by atoms with Gasteiger partial charge >= 0.3 is 0 Å². The van der Waals surface area contributed by atoms with Gasteiger partial charge in [0.15, 0.2) is 5.16 Å². The van der Waals surface area contributed by atoms with Crippen molar-refractivity contribution in [3.8, 4) is 5.75 Å². The van der Waals surface area contributed by atoms with Gasteiger partial charge in [-0.25, -0.2) is 13.4 Å². The van der Waals surface area contributed by atoms with E-state index in [1.807, 2.05) is 18.2 Å². The number of methoxy groups -OCH3 is 1. The third kappa shape index (κ3) is 5.03. The molecule has 3 aromatic rings. The summed E-state index contributed by atoms with van der Waals surface area (Å²) in [6.45, 7) is 0.963. The zero-order valence-corrected chi connectivity index (χ0v) is 19.8. The Hall–Kier alpha value is -2.27. The zero-order chi connectivity index (χ0) is 22.7. The molecule has 0 saturated carbocycles. The molecule has 1 fully saturated rings. The first-order chi connectivity index (χ1) is 15.4. The Balaban J connectivity index is 1.42. The van der Waals surface area contributed by atoms with Crippen molar-refractivity contribution in [2.75, 3.05) is 31.3 Å². The minimum Gasteiger partial charge on any atom is -0.497 e. The van der Waals surface area contributed by atoms with Gasteiger partial charge in [0.05, 0.1) is 28.9 Å². The predicted octanol–water partition coefficient (Wildman–Crippen LogP) is 4.13. The number of halogens is 1. The van der Waals surface area contributed by atoms with E-state index in [4.69, 9.17) is 16.3 Å². The number of H-pyrrole nitrogens is 1. The van der Waals surface area contributed by atoms with Crippen molar-refractivity contribution in [1.82, 2.24) is 14.3 Å². The monoisotopic (exact) mass is 494 g/mol. The van der Waals surface area contributed by atoms with E-state index in [1.54, 1.807) is 13.2 Å². The number of rotatable bonds is 7. The van der Waals surface area contributed by atoms with E-state index < -0.39 is 10.0 Å². The quantitative estimate of drug-likeness (QED) is 0.478. The SMILES string of the molecule is COc1ccc2nc(SCC(=O)Nc3ccc(Cl)c(S(=O)(=O)N4CCCCC4)c3)[nH]c2c1. The Labute approximate surface area is 195 Å². The summed E-state index contributed by atoms with van der Waals surface area (Å²) in [5.74, 6) is 0.540. The number of fused-ring (bicyclic) bond motifs is 1.